The molecular weight excluding hydrogens is 526 g/mol. The van der Waals surface area contributed by atoms with Crippen LogP contribution in [-0.2, 0) is 45.1 Å². The number of benzene rings is 2. The lowest BCUT2D eigenvalue weighted by molar-refractivity contribution is -0.226. The number of carbonyl (C=O) groups excluding carboxylic acids is 1. The Labute approximate surface area is 229 Å². The van der Waals surface area contributed by atoms with Crippen LogP contribution >= 0.6 is 0 Å². The molecule has 4 rings (SSSR count). The van der Waals surface area contributed by atoms with Crippen molar-refractivity contribution in [2.24, 2.45) is 0 Å². The van der Waals surface area contributed by atoms with Crippen molar-refractivity contribution < 1.29 is 42.0 Å². The molecule has 10 nitrogen and oxygen atoms in total. The Balaban J connectivity index is 1.69. The molecule has 2 aromatic carbocycles. The molecule has 0 aromatic heterocycles. The molecule has 2 aliphatic rings. The summed E-state index contributed by atoms with van der Waals surface area (Å²) in [6.45, 7) is 5.14. The van der Waals surface area contributed by atoms with Crippen LogP contribution in [0.1, 0.15) is 44.2 Å². The third-order valence-electron chi connectivity index (χ3n) is 6.59. The maximum absolute atomic E-state index is 13.6. The molecule has 0 spiro atoms. The summed E-state index contributed by atoms with van der Waals surface area (Å²) in [5, 5.41) is 10.1. The Bertz CT molecular complexity index is 1180. The number of aliphatic hydroxyl groups excluding tert-OH is 1. The molecule has 2 aliphatic heterocycles. The zero-order valence-corrected chi connectivity index (χ0v) is 23.3. The van der Waals surface area contributed by atoms with Crippen LogP contribution in [0.4, 0.5) is 0 Å². The van der Waals surface area contributed by atoms with Crippen molar-refractivity contribution >= 4 is 16.0 Å². The van der Waals surface area contributed by atoms with E-state index in [-0.39, 0.29) is 11.5 Å². The summed E-state index contributed by atoms with van der Waals surface area (Å²) in [5.41, 5.74) is 1.61. The van der Waals surface area contributed by atoms with E-state index in [2.05, 4.69) is 4.72 Å². The van der Waals surface area contributed by atoms with Crippen LogP contribution in [0.15, 0.2) is 59.5 Å². The number of hydrogen-bond acceptors (Lipinski definition) is 9. The second-order valence-corrected chi connectivity index (χ2v) is 11.9. The van der Waals surface area contributed by atoms with Gasteiger partial charge in [0.15, 0.2) is 12.1 Å². The summed E-state index contributed by atoms with van der Waals surface area (Å²) < 4.78 is 59.1. The van der Waals surface area contributed by atoms with E-state index in [9.17, 15) is 18.3 Å². The number of rotatable bonds is 11. The first-order chi connectivity index (χ1) is 18.6. The molecule has 0 unspecified atom stereocenters. The van der Waals surface area contributed by atoms with Gasteiger partial charge in [0.05, 0.1) is 11.5 Å². The zero-order chi connectivity index (χ0) is 28.0. The Kier molecular flexibility index (Phi) is 9.76. The number of nitrogens with one attached hydrogen (secondary N) is 1. The highest BCUT2D eigenvalue weighted by Gasteiger charge is 2.51. The summed E-state index contributed by atoms with van der Waals surface area (Å²) in [6, 6.07) is 13.8. The van der Waals surface area contributed by atoms with Crippen LogP contribution in [-0.4, -0.2) is 69.1 Å². The lowest BCUT2D eigenvalue weighted by Crippen LogP contribution is -2.58. The van der Waals surface area contributed by atoms with Crippen molar-refractivity contribution in [3.05, 3.63) is 65.7 Å². The van der Waals surface area contributed by atoms with E-state index in [1.165, 1.54) is 12.1 Å². The van der Waals surface area contributed by atoms with E-state index in [4.69, 9.17) is 23.7 Å². The number of sulfonamides is 1. The summed E-state index contributed by atoms with van der Waals surface area (Å²) >= 11 is 0. The van der Waals surface area contributed by atoms with Crippen molar-refractivity contribution in [3.8, 4) is 0 Å². The molecule has 5 atom stereocenters. The fraction of sp³-hybridized carbons (Fsp3) is 0.536. The predicted molar refractivity (Wildman–Crippen MR) is 141 cm³/mol. The van der Waals surface area contributed by atoms with Crippen LogP contribution in [0.5, 0.6) is 0 Å². The summed E-state index contributed by atoms with van der Waals surface area (Å²) in [6.07, 6.45) is -1.59. The highest BCUT2D eigenvalue weighted by Crippen LogP contribution is 2.34. The molecule has 214 valence electrons. The molecule has 2 fully saturated rings. The maximum atomic E-state index is 13.6. The van der Waals surface area contributed by atoms with Crippen molar-refractivity contribution in [2.75, 3.05) is 13.2 Å². The predicted octanol–water partition coefficient (Wildman–Crippen LogP) is 2.81. The van der Waals surface area contributed by atoms with Gasteiger partial charge < -0.3 is 28.8 Å². The van der Waals surface area contributed by atoms with E-state index in [1.54, 1.807) is 38.1 Å². The highest BCUT2D eigenvalue weighted by molar-refractivity contribution is 7.89. The van der Waals surface area contributed by atoms with Crippen molar-refractivity contribution in [1.82, 2.24) is 4.72 Å². The van der Waals surface area contributed by atoms with E-state index < -0.39 is 59.0 Å². The molecule has 0 amide bonds. The second-order valence-electron chi connectivity index (χ2n) is 10.2. The summed E-state index contributed by atoms with van der Waals surface area (Å²) in [4.78, 5) is 13.6. The number of ether oxygens (including phenoxy) is 5. The first kappa shape index (κ1) is 29.6. The minimum atomic E-state index is -4.20. The number of aliphatic hydroxyl groups is 1. The maximum Gasteiger partial charge on any atom is 0.327 e. The first-order valence-electron chi connectivity index (χ1n) is 13.1. The summed E-state index contributed by atoms with van der Waals surface area (Å²) in [5.74, 6) is -1.97. The van der Waals surface area contributed by atoms with Gasteiger partial charge >= 0.3 is 5.97 Å². The van der Waals surface area contributed by atoms with Gasteiger partial charge in [-0.25, -0.2) is 8.42 Å². The van der Waals surface area contributed by atoms with Crippen LogP contribution in [0.2, 0.25) is 0 Å². The number of hydrogen-bond donors (Lipinski definition) is 2. The molecule has 0 bridgehead atoms. The van der Waals surface area contributed by atoms with Crippen molar-refractivity contribution in [1.29, 1.82) is 0 Å². The third-order valence-corrected chi connectivity index (χ3v) is 8.05. The SMILES string of the molecule is Cc1ccc(S(=O)(=O)N[C@@H](C(=O)OCc2ccccc2)[C@H](O[C@@H]2CCCCO2)[C@@H]2OC(C)(C)O[C@H]2CO)cc1. The van der Waals surface area contributed by atoms with E-state index in [0.717, 1.165) is 24.0 Å². The van der Waals surface area contributed by atoms with Gasteiger partial charge in [-0.2, -0.15) is 4.72 Å². The van der Waals surface area contributed by atoms with Gasteiger partial charge in [-0.05, 0) is 57.7 Å². The monoisotopic (exact) mass is 563 g/mol. The number of aryl methyl sites for hydroxylation is 1. The van der Waals surface area contributed by atoms with Gasteiger partial charge in [0.1, 0.15) is 31.0 Å². The summed E-state index contributed by atoms with van der Waals surface area (Å²) in [7, 11) is -4.20. The van der Waals surface area contributed by atoms with E-state index >= 15 is 0 Å². The van der Waals surface area contributed by atoms with Gasteiger partial charge in [0.25, 0.3) is 0 Å². The van der Waals surface area contributed by atoms with E-state index in [0.29, 0.717) is 13.0 Å². The molecule has 11 heteroatoms. The molecule has 2 aromatic rings. The minimum absolute atomic E-state index is 0.0238. The molecule has 2 N–H and O–H groups in total. The first-order valence-corrected chi connectivity index (χ1v) is 14.6. The topological polar surface area (TPSA) is 130 Å². The van der Waals surface area contributed by atoms with Gasteiger partial charge in [-0.15, -0.1) is 0 Å². The number of esters is 1. The van der Waals surface area contributed by atoms with Gasteiger partial charge in [-0.3, -0.25) is 4.79 Å². The van der Waals surface area contributed by atoms with Crippen molar-refractivity contribution in [3.63, 3.8) is 0 Å². The Morgan fingerprint density at radius 1 is 1.10 bits per heavy atom. The van der Waals surface area contributed by atoms with Crippen LogP contribution in [0.3, 0.4) is 0 Å². The Morgan fingerprint density at radius 3 is 2.46 bits per heavy atom. The fourth-order valence-corrected chi connectivity index (χ4v) is 5.84. The van der Waals surface area contributed by atoms with Crippen molar-refractivity contribution in [2.45, 2.75) is 88.0 Å². The molecule has 2 saturated heterocycles. The molecular formula is C28H37NO9S. The second kappa shape index (κ2) is 12.9. The van der Waals surface area contributed by atoms with Crippen LogP contribution in [0, 0.1) is 6.92 Å². The lowest BCUT2D eigenvalue weighted by atomic mass is 10.0. The molecule has 0 aliphatic carbocycles. The average molecular weight is 564 g/mol. The smallest absolute Gasteiger partial charge is 0.327 e. The van der Waals surface area contributed by atoms with Crippen LogP contribution in [0.25, 0.3) is 0 Å². The third kappa shape index (κ3) is 7.85. The number of carbonyl (C=O) groups is 1. The Morgan fingerprint density at radius 2 is 1.82 bits per heavy atom. The minimum Gasteiger partial charge on any atom is -0.460 e. The fourth-order valence-electron chi connectivity index (χ4n) is 4.64. The molecule has 2 heterocycles. The zero-order valence-electron chi connectivity index (χ0n) is 22.4. The quantitative estimate of drug-likeness (QED) is 0.397. The standard InChI is InChI=1S/C28H37NO9S/c1-19-12-14-21(15-13-19)39(32,33)29-24(27(31)35-18-20-9-5-4-6-10-20)26(36-23-11-7-8-16-34-23)25-22(17-30)37-28(2,3)38-25/h4-6,9-10,12-15,22-26,29-30H,7-8,11,16-18H2,1-3H3/t22-,23+,24+,25+,26-/m0/s1. The molecule has 0 radical (unpaired) electrons. The van der Waals surface area contributed by atoms with Gasteiger partial charge in [-0.1, -0.05) is 48.0 Å². The molecule has 39 heavy (non-hydrogen) atoms. The van der Waals surface area contributed by atoms with Gasteiger partial charge in [0, 0.05) is 6.61 Å². The highest BCUT2D eigenvalue weighted by atomic mass is 32.2. The van der Waals surface area contributed by atoms with E-state index in [1.807, 2.05) is 25.1 Å². The lowest BCUT2D eigenvalue weighted by Gasteiger charge is -2.35. The molecule has 0 saturated carbocycles. The van der Waals surface area contributed by atoms with Crippen LogP contribution < -0.4 is 4.72 Å². The normalized spacial score (nSPS) is 24.7. The van der Waals surface area contributed by atoms with Gasteiger partial charge in [0.2, 0.25) is 10.0 Å². The average Bonchev–Trinajstić information content (AvgIpc) is 3.25. The Hall–Kier alpha value is -2.38. The largest absolute Gasteiger partial charge is 0.460 e.